The van der Waals surface area contributed by atoms with Crippen molar-refractivity contribution >= 4 is 5.97 Å². The van der Waals surface area contributed by atoms with E-state index >= 15 is 0 Å². The predicted molar refractivity (Wildman–Crippen MR) is 50.8 cm³/mol. The number of nitrogens with zero attached hydrogens (tertiary/aromatic N) is 2. The van der Waals surface area contributed by atoms with Crippen molar-refractivity contribution in [3.8, 4) is 0 Å². The first kappa shape index (κ1) is 12.4. The summed E-state index contributed by atoms with van der Waals surface area (Å²) in [4.78, 5) is 13.4. The van der Waals surface area contributed by atoms with Crippen LogP contribution in [0.25, 0.3) is 4.98 Å². The van der Waals surface area contributed by atoms with Gasteiger partial charge in [0.05, 0.1) is 0 Å². The van der Waals surface area contributed by atoms with E-state index in [1.165, 1.54) is 6.92 Å². The number of aliphatic hydroxyl groups is 1. The average molecular weight is 199 g/mol. The van der Waals surface area contributed by atoms with Crippen LogP contribution in [0.3, 0.4) is 0 Å². The van der Waals surface area contributed by atoms with E-state index in [2.05, 4.69) is 4.98 Å². The summed E-state index contributed by atoms with van der Waals surface area (Å²) in [6, 6.07) is 0. The third-order valence-corrected chi connectivity index (χ3v) is 1.51. The third-order valence-electron chi connectivity index (χ3n) is 1.51. The van der Waals surface area contributed by atoms with Gasteiger partial charge in [-0.25, -0.2) is 0 Å². The summed E-state index contributed by atoms with van der Waals surface area (Å²) >= 11 is 0. The monoisotopic (exact) mass is 199 g/mol. The zero-order valence-electron chi connectivity index (χ0n) is 8.60. The second kappa shape index (κ2) is 5.97. The number of rotatable bonds is 4. The van der Waals surface area contributed by atoms with Crippen LogP contribution in [0.15, 0.2) is 12.0 Å². The van der Waals surface area contributed by atoms with Crippen molar-refractivity contribution in [2.45, 2.75) is 33.3 Å². The smallest absolute Gasteiger partial charge is 0.391 e. The lowest BCUT2D eigenvalue weighted by Crippen LogP contribution is -2.20. The summed E-state index contributed by atoms with van der Waals surface area (Å²) in [7, 11) is 0. The van der Waals surface area contributed by atoms with Crippen LogP contribution in [-0.2, 0) is 9.53 Å². The Hall–Kier alpha value is -1.57. The predicted octanol–water partition coefficient (Wildman–Crippen LogP) is 2.22. The average Bonchev–Trinajstić information content (AvgIpc) is 2.01. The molecule has 0 aliphatic rings. The maximum Gasteiger partial charge on any atom is 0.391 e. The van der Waals surface area contributed by atoms with E-state index in [-0.39, 0.29) is 11.7 Å². The van der Waals surface area contributed by atoms with Gasteiger partial charge in [-0.2, -0.15) is 0 Å². The molecule has 0 saturated heterocycles. The van der Waals surface area contributed by atoms with Crippen molar-refractivity contribution in [2.24, 2.45) is 5.92 Å². The van der Waals surface area contributed by atoms with Crippen LogP contribution in [-0.4, -0.2) is 17.2 Å². The highest BCUT2D eigenvalue weighted by molar-refractivity contribution is 5.66. The van der Waals surface area contributed by atoms with E-state index in [9.17, 15) is 9.90 Å². The molecule has 5 heteroatoms. The Labute approximate surface area is 83.0 Å². The number of hydrogen-bond donors (Lipinski definition) is 1. The molecular weight excluding hydrogens is 184 g/mol. The molecule has 0 unspecified atom stereocenters. The lowest BCUT2D eigenvalue weighted by atomic mass is 10.0. The van der Waals surface area contributed by atoms with E-state index in [0.717, 1.165) is 6.20 Å². The second-order valence-electron chi connectivity index (χ2n) is 3.40. The fraction of sp³-hybridized carbons (Fsp3) is 0.667. The summed E-state index contributed by atoms with van der Waals surface area (Å²) in [5, 5.41) is 17.5. The first-order chi connectivity index (χ1) is 6.47. The van der Waals surface area contributed by atoms with E-state index < -0.39 is 12.1 Å². The number of carbonyl (C=O) groups is 1. The molecule has 1 atom stereocenters. The summed E-state index contributed by atoms with van der Waals surface area (Å²) in [6.45, 7) is 5.12. The number of aliphatic hydroxyl groups excluding tert-OH is 1. The Morgan fingerprint density at radius 3 is 2.57 bits per heavy atom. The van der Waals surface area contributed by atoms with Crippen LogP contribution in [0.5, 0.6) is 0 Å². The van der Waals surface area contributed by atoms with Crippen LogP contribution in [0.2, 0.25) is 0 Å². The van der Waals surface area contributed by atoms with Crippen LogP contribution in [0.4, 0.5) is 0 Å². The van der Waals surface area contributed by atoms with Gasteiger partial charge in [-0.1, -0.05) is 13.8 Å². The molecule has 0 amide bonds. The molecule has 0 fully saturated rings. The molecule has 5 nitrogen and oxygen atoms in total. The molecule has 0 aliphatic heterocycles. The quantitative estimate of drug-likeness (QED) is 0.428. The van der Waals surface area contributed by atoms with Gasteiger partial charge in [0, 0.05) is 6.92 Å². The first-order valence-electron chi connectivity index (χ1n) is 4.37. The highest BCUT2D eigenvalue weighted by atomic mass is 16.5. The molecular formula is C9H15N2O3+. The van der Waals surface area contributed by atoms with E-state index in [1.54, 1.807) is 0 Å². The number of diazo groups is 1. The fourth-order valence-electron chi connectivity index (χ4n) is 1.00. The Morgan fingerprint density at radius 2 is 2.21 bits per heavy atom. The van der Waals surface area contributed by atoms with Crippen molar-refractivity contribution in [3.05, 3.63) is 16.9 Å². The number of esters is 1. The highest BCUT2D eigenvalue weighted by Gasteiger charge is 2.21. The van der Waals surface area contributed by atoms with Gasteiger partial charge in [0.15, 0.2) is 11.1 Å². The highest BCUT2D eigenvalue weighted by Crippen LogP contribution is 2.14. The minimum atomic E-state index is -0.733. The zero-order valence-corrected chi connectivity index (χ0v) is 8.60. The van der Waals surface area contributed by atoms with Gasteiger partial charge < -0.3 is 9.84 Å². The topological polar surface area (TPSA) is 74.7 Å². The van der Waals surface area contributed by atoms with Gasteiger partial charge in [-0.3, -0.25) is 4.79 Å². The SMILES string of the molecule is CC(=O)O[C@@H](CC(C)C)/C(O)=C/[N+]#N. The number of carbonyl (C=O) groups excluding carboxylic acids is 1. The Kier molecular flexibility index (Phi) is 5.30. The maximum atomic E-state index is 10.7. The Balaban J connectivity index is 4.47. The standard InChI is InChI=1S/C9H14N2O3/c1-6(2)4-9(14-7(3)12)8(13)5-11-10/h5-6,9H,4H2,1-3H3/p+1/b8-5-/t9-/m0/s1. The van der Waals surface area contributed by atoms with Gasteiger partial charge in [0.25, 0.3) is 0 Å². The number of hydrogen-bond acceptors (Lipinski definition) is 4. The molecule has 0 aromatic carbocycles. The Morgan fingerprint density at radius 1 is 1.64 bits per heavy atom. The summed E-state index contributed by atoms with van der Waals surface area (Å²) in [6.07, 6.45) is 0.608. The molecule has 0 saturated carbocycles. The van der Waals surface area contributed by atoms with Crippen molar-refractivity contribution in [1.82, 2.24) is 0 Å². The van der Waals surface area contributed by atoms with Crippen LogP contribution in [0, 0.1) is 11.3 Å². The molecule has 0 heterocycles. The van der Waals surface area contributed by atoms with Gasteiger partial charge in [0.2, 0.25) is 11.2 Å². The molecule has 0 aromatic heterocycles. The van der Waals surface area contributed by atoms with E-state index in [4.69, 9.17) is 10.1 Å². The number of ether oxygens (including phenoxy) is 1. The Bertz CT molecular complexity index is 266. The van der Waals surface area contributed by atoms with Crippen molar-refractivity contribution in [1.29, 1.82) is 5.39 Å². The fourth-order valence-corrected chi connectivity index (χ4v) is 1.00. The van der Waals surface area contributed by atoms with E-state index in [0.29, 0.717) is 6.42 Å². The largest absolute Gasteiger partial charge is 0.503 e. The first-order valence-corrected chi connectivity index (χ1v) is 4.37. The molecule has 78 valence electrons. The van der Waals surface area contributed by atoms with Gasteiger partial charge in [-0.05, 0) is 12.3 Å². The van der Waals surface area contributed by atoms with Gasteiger partial charge >= 0.3 is 12.2 Å². The lowest BCUT2D eigenvalue weighted by Gasteiger charge is -2.15. The van der Waals surface area contributed by atoms with Crippen molar-refractivity contribution in [2.75, 3.05) is 0 Å². The normalized spacial score (nSPS) is 13.5. The van der Waals surface area contributed by atoms with E-state index in [1.807, 2.05) is 13.8 Å². The summed E-state index contributed by atoms with van der Waals surface area (Å²) < 4.78 is 4.85. The van der Waals surface area contributed by atoms with Crippen LogP contribution in [0.1, 0.15) is 27.2 Å². The minimum Gasteiger partial charge on any atom is -0.503 e. The lowest BCUT2D eigenvalue weighted by molar-refractivity contribution is -0.146. The summed E-state index contributed by atoms with van der Waals surface area (Å²) in [5.74, 6) is -0.474. The molecule has 0 aromatic rings. The molecule has 0 spiro atoms. The molecule has 14 heavy (non-hydrogen) atoms. The van der Waals surface area contributed by atoms with Crippen LogP contribution >= 0.6 is 0 Å². The van der Waals surface area contributed by atoms with Crippen molar-refractivity contribution < 1.29 is 14.6 Å². The van der Waals surface area contributed by atoms with Crippen LogP contribution < -0.4 is 0 Å². The second-order valence-corrected chi connectivity index (χ2v) is 3.40. The van der Waals surface area contributed by atoms with Gasteiger partial charge in [-0.15, -0.1) is 0 Å². The van der Waals surface area contributed by atoms with Gasteiger partial charge in [0.1, 0.15) is 0 Å². The van der Waals surface area contributed by atoms with Crippen molar-refractivity contribution in [3.63, 3.8) is 0 Å². The third kappa shape index (κ3) is 5.14. The molecule has 0 rings (SSSR count). The minimum absolute atomic E-state index is 0.253. The summed E-state index contributed by atoms with van der Waals surface area (Å²) in [5.41, 5.74) is 0. The molecule has 0 aliphatic carbocycles. The zero-order chi connectivity index (χ0) is 11.1. The molecule has 0 radical (unpaired) electrons. The maximum absolute atomic E-state index is 10.7. The molecule has 0 bridgehead atoms. The molecule has 1 N–H and O–H groups in total.